The minimum Gasteiger partial charge on any atom is -0.465 e. The highest BCUT2D eigenvalue weighted by Crippen LogP contribution is 2.35. The van der Waals surface area contributed by atoms with Crippen LogP contribution in [0.2, 0.25) is 0 Å². The fourth-order valence-electron chi connectivity index (χ4n) is 3.65. The number of aryl methyl sites for hydroxylation is 2. The largest absolute Gasteiger partial charge is 0.465 e. The van der Waals surface area contributed by atoms with Gasteiger partial charge in [0.15, 0.2) is 0 Å². The lowest BCUT2D eigenvalue weighted by Crippen LogP contribution is -2.53. The predicted octanol–water partition coefficient (Wildman–Crippen LogP) is 1.45. The zero-order chi connectivity index (χ0) is 15.9. The van der Waals surface area contributed by atoms with E-state index in [4.69, 9.17) is 9.15 Å². The van der Waals surface area contributed by atoms with Gasteiger partial charge in [0.25, 0.3) is 0 Å². The van der Waals surface area contributed by atoms with Crippen molar-refractivity contribution in [3.05, 3.63) is 17.6 Å². The first-order chi connectivity index (χ1) is 10.4. The van der Waals surface area contributed by atoms with Crippen molar-refractivity contribution in [1.29, 1.82) is 0 Å². The quantitative estimate of drug-likeness (QED) is 0.908. The van der Waals surface area contributed by atoms with Crippen molar-refractivity contribution in [1.82, 2.24) is 4.31 Å². The van der Waals surface area contributed by atoms with Crippen LogP contribution in [0.15, 0.2) is 15.4 Å². The van der Waals surface area contributed by atoms with Crippen LogP contribution in [0.3, 0.4) is 0 Å². The van der Waals surface area contributed by atoms with Crippen LogP contribution in [0.1, 0.15) is 30.8 Å². The van der Waals surface area contributed by atoms with Gasteiger partial charge >= 0.3 is 0 Å². The topological polar surface area (TPSA) is 80.0 Å². The Morgan fingerprint density at radius 2 is 2.09 bits per heavy atom. The third kappa shape index (κ3) is 2.71. The molecule has 1 aromatic rings. The summed E-state index contributed by atoms with van der Waals surface area (Å²) in [5, 5.41) is 10.2. The minimum absolute atomic E-state index is 0.0524. The van der Waals surface area contributed by atoms with Crippen LogP contribution in [0.25, 0.3) is 0 Å². The number of aliphatic hydroxyl groups excluding tert-OH is 1. The molecule has 1 aliphatic heterocycles. The Morgan fingerprint density at radius 3 is 2.68 bits per heavy atom. The molecule has 1 saturated carbocycles. The van der Waals surface area contributed by atoms with Crippen molar-refractivity contribution in [2.75, 3.05) is 19.8 Å². The molecular weight excluding hydrogens is 306 g/mol. The van der Waals surface area contributed by atoms with Gasteiger partial charge in [-0.3, -0.25) is 0 Å². The molecule has 1 N–H and O–H groups in total. The van der Waals surface area contributed by atoms with Crippen molar-refractivity contribution in [2.45, 2.75) is 50.2 Å². The summed E-state index contributed by atoms with van der Waals surface area (Å²) in [4.78, 5) is 0.226. The molecule has 0 bridgehead atoms. The van der Waals surface area contributed by atoms with Crippen molar-refractivity contribution < 1.29 is 22.7 Å². The maximum Gasteiger partial charge on any atom is 0.246 e. The molecule has 0 radical (unpaired) electrons. The van der Waals surface area contributed by atoms with E-state index in [9.17, 15) is 13.5 Å². The van der Waals surface area contributed by atoms with Crippen LogP contribution >= 0.6 is 0 Å². The van der Waals surface area contributed by atoms with Crippen molar-refractivity contribution in [3.63, 3.8) is 0 Å². The Balaban J connectivity index is 1.94. The zero-order valence-corrected chi connectivity index (χ0v) is 13.8. The molecule has 124 valence electrons. The molecule has 1 aromatic heterocycles. The molecule has 0 aromatic carbocycles. The molecule has 6 nitrogen and oxygen atoms in total. The predicted molar refractivity (Wildman–Crippen MR) is 80.0 cm³/mol. The second-order valence-corrected chi connectivity index (χ2v) is 8.06. The number of rotatable bonds is 3. The fourth-order valence-corrected chi connectivity index (χ4v) is 5.51. The summed E-state index contributed by atoms with van der Waals surface area (Å²) in [7, 11) is -3.63. The molecule has 1 aliphatic carbocycles. The van der Waals surface area contributed by atoms with Gasteiger partial charge in [-0.1, -0.05) is 6.42 Å². The van der Waals surface area contributed by atoms with Crippen LogP contribution in [0.5, 0.6) is 0 Å². The number of ether oxygens (including phenoxy) is 1. The number of hydrogen-bond acceptors (Lipinski definition) is 5. The summed E-state index contributed by atoms with van der Waals surface area (Å²) in [6.45, 7) is 4.45. The number of sulfonamides is 1. The maximum absolute atomic E-state index is 13.0. The molecule has 22 heavy (non-hydrogen) atoms. The van der Waals surface area contributed by atoms with Gasteiger partial charge in [0.05, 0.1) is 25.4 Å². The Morgan fingerprint density at radius 1 is 1.32 bits per heavy atom. The van der Waals surface area contributed by atoms with E-state index < -0.39 is 16.1 Å². The molecule has 3 rings (SSSR count). The molecule has 7 heteroatoms. The number of furan rings is 1. The van der Waals surface area contributed by atoms with Crippen LogP contribution in [0, 0.1) is 19.8 Å². The molecule has 0 unspecified atom stereocenters. The summed E-state index contributed by atoms with van der Waals surface area (Å²) in [5.74, 6) is 0.944. The lowest BCUT2D eigenvalue weighted by Gasteiger charge is -2.38. The molecular formula is C15H23NO5S. The SMILES string of the molecule is Cc1cc(S(=O)(=O)N2CCOC[C@@H]2[C@@H]2CCC[C@@H]2O)c(C)o1. The third-order valence-electron chi connectivity index (χ3n) is 4.72. The van der Waals surface area contributed by atoms with Gasteiger partial charge in [-0.05, 0) is 32.8 Å². The molecule has 1 saturated heterocycles. The average molecular weight is 329 g/mol. The molecule has 2 fully saturated rings. The Kier molecular flexibility index (Phi) is 4.33. The maximum atomic E-state index is 13.0. The van der Waals surface area contributed by atoms with Gasteiger partial charge < -0.3 is 14.3 Å². The molecule has 0 amide bonds. The van der Waals surface area contributed by atoms with Gasteiger partial charge in [-0.2, -0.15) is 4.31 Å². The van der Waals surface area contributed by atoms with E-state index >= 15 is 0 Å². The zero-order valence-electron chi connectivity index (χ0n) is 13.0. The molecule has 2 heterocycles. The third-order valence-corrected chi connectivity index (χ3v) is 6.75. The van der Waals surface area contributed by atoms with Gasteiger partial charge in [0.2, 0.25) is 10.0 Å². The monoisotopic (exact) mass is 329 g/mol. The highest BCUT2D eigenvalue weighted by atomic mass is 32.2. The van der Waals surface area contributed by atoms with Gasteiger partial charge in [0.1, 0.15) is 16.4 Å². The van der Waals surface area contributed by atoms with Crippen LogP contribution in [-0.4, -0.2) is 49.7 Å². The standard InChI is InChI=1S/C15H23NO5S/c1-10-8-15(11(2)21-10)22(18,19)16-6-7-20-9-13(16)12-4-3-5-14(12)17/h8,12-14,17H,3-7,9H2,1-2H3/t12-,13+,14-/m0/s1. The highest BCUT2D eigenvalue weighted by Gasteiger charge is 2.43. The van der Waals surface area contributed by atoms with E-state index in [1.54, 1.807) is 19.9 Å². The number of aliphatic hydroxyl groups is 1. The van der Waals surface area contributed by atoms with E-state index in [1.165, 1.54) is 4.31 Å². The first-order valence-electron chi connectivity index (χ1n) is 7.76. The Labute approximate surface area is 131 Å². The van der Waals surface area contributed by atoms with E-state index in [0.717, 1.165) is 19.3 Å². The number of hydrogen-bond donors (Lipinski definition) is 1. The first-order valence-corrected chi connectivity index (χ1v) is 9.20. The summed E-state index contributed by atoms with van der Waals surface area (Å²) in [6, 6.07) is 1.27. The van der Waals surface area contributed by atoms with Crippen molar-refractivity contribution >= 4 is 10.0 Å². The molecule has 2 aliphatic rings. The first kappa shape index (κ1) is 16.0. The van der Waals surface area contributed by atoms with Crippen LogP contribution in [0.4, 0.5) is 0 Å². The molecule has 0 spiro atoms. The summed E-state index contributed by atoms with van der Waals surface area (Å²) in [5.41, 5.74) is 0. The minimum atomic E-state index is -3.63. The van der Waals surface area contributed by atoms with Gasteiger partial charge in [-0.25, -0.2) is 8.42 Å². The Hall–Kier alpha value is -0.890. The summed E-state index contributed by atoms with van der Waals surface area (Å²) in [6.07, 6.45) is 2.06. The van der Waals surface area contributed by atoms with Gasteiger partial charge in [-0.15, -0.1) is 0 Å². The van der Waals surface area contributed by atoms with Crippen molar-refractivity contribution in [2.24, 2.45) is 5.92 Å². The smallest absolute Gasteiger partial charge is 0.246 e. The van der Waals surface area contributed by atoms with Crippen LogP contribution < -0.4 is 0 Å². The van der Waals surface area contributed by atoms with Gasteiger partial charge in [0, 0.05) is 12.5 Å². The normalized spacial score (nSPS) is 30.8. The lowest BCUT2D eigenvalue weighted by atomic mass is 9.96. The highest BCUT2D eigenvalue weighted by molar-refractivity contribution is 7.89. The second kappa shape index (κ2) is 5.96. The number of morpholine rings is 1. The second-order valence-electron chi connectivity index (χ2n) is 6.20. The molecule has 3 atom stereocenters. The average Bonchev–Trinajstić information content (AvgIpc) is 3.04. The van der Waals surface area contributed by atoms with E-state index in [2.05, 4.69) is 0 Å². The fraction of sp³-hybridized carbons (Fsp3) is 0.733. The van der Waals surface area contributed by atoms with Crippen molar-refractivity contribution in [3.8, 4) is 0 Å². The summed E-state index contributed by atoms with van der Waals surface area (Å²) < 4.78 is 38.4. The lowest BCUT2D eigenvalue weighted by molar-refractivity contribution is -0.0148. The number of nitrogens with zero attached hydrogens (tertiary/aromatic N) is 1. The van der Waals surface area contributed by atoms with E-state index in [0.29, 0.717) is 31.3 Å². The van der Waals surface area contributed by atoms with E-state index in [1.807, 2.05) is 0 Å². The van der Waals surface area contributed by atoms with Crippen LogP contribution in [-0.2, 0) is 14.8 Å². The van der Waals surface area contributed by atoms with E-state index in [-0.39, 0.29) is 16.9 Å². The summed E-state index contributed by atoms with van der Waals surface area (Å²) >= 11 is 0. The Bertz CT molecular complexity index is 638.